The number of anilines is 2. The van der Waals surface area contributed by atoms with Gasteiger partial charge in [-0.3, -0.25) is 4.72 Å². The van der Waals surface area contributed by atoms with E-state index in [1.54, 1.807) is 54.7 Å². The van der Waals surface area contributed by atoms with E-state index in [1.807, 2.05) is 0 Å². The second kappa shape index (κ2) is 11.7. The number of hydrogen-bond donors (Lipinski definition) is 3. The van der Waals surface area contributed by atoms with Crippen LogP contribution < -0.4 is 20.1 Å². The van der Waals surface area contributed by atoms with E-state index in [4.69, 9.17) is 4.74 Å². The van der Waals surface area contributed by atoms with Gasteiger partial charge in [0.05, 0.1) is 22.7 Å². The third kappa shape index (κ3) is 6.65. The molecule has 0 spiro atoms. The number of sulfonamides is 1. The number of nitrogens with zero attached hydrogens (tertiary/aromatic N) is 3. The molecule has 9 nitrogen and oxygen atoms in total. The lowest BCUT2D eigenvalue weighted by atomic mass is 10.1. The minimum atomic E-state index is -3.99. The third-order valence-corrected chi connectivity index (χ3v) is 7.30. The summed E-state index contributed by atoms with van der Waals surface area (Å²) in [5, 5.41) is 6.63. The van der Waals surface area contributed by atoms with Crippen LogP contribution in [0.1, 0.15) is 18.4 Å². The molecule has 1 atom stereocenters. The minimum absolute atomic E-state index is 0.00260. The fourth-order valence-corrected chi connectivity index (χ4v) is 5.39. The average molecular weight is 553 g/mol. The van der Waals surface area contributed by atoms with Crippen LogP contribution >= 0.6 is 0 Å². The van der Waals surface area contributed by atoms with Gasteiger partial charge in [0.15, 0.2) is 11.6 Å². The van der Waals surface area contributed by atoms with E-state index in [2.05, 4.69) is 30.3 Å². The molecule has 1 aliphatic rings. The Morgan fingerprint density at radius 2 is 1.82 bits per heavy atom. The van der Waals surface area contributed by atoms with Crippen LogP contribution in [0.15, 0.2) is 73.1 Å². The van der Waals surface area contributed by atoms with Crippen molar-refractivity contribution < 1.29 is 21.9 Å². The van der Waals surface area contributed by atoms with Gasteiger partial charge in [0.25, 0.3) is 0 Å². The van der Waals surface area contributed by atoms with E-state index < -0.39 is 38.8 Å². The number of rotatable bonds is 9. The van der Waals surface area contributed by atoms with Gasteiger partial charge in [-0.05, 0) is 55.3 Å². The van der Waals surface area contributed by atoms with Crippen LogP contribution in [0.4, 0.5) is 20.4 Å². The summed E-state index contributed by atoms with van der Waals surface area (Å²) < 4.78 is 62.7. The Kier molecular flexibility index (Phi) is 7.94. The van der Waals surface area contributed by atoms with Gasteiger partial charge in [0.2, 0.25) is 27.7 Å². The van der Waals surface area contributed by atoms with Crippen molar-refractivity contribution in [3.8, 4) is 22.9 Å². The SMILES string of the molecule is O=S(=O)(Cc1ccccc1)Nc1ccc(Oc2ncccc2-c2ccnc(N[C@H]3CCCNC3)n2)c(F)c1F. The molecule has 0 amide bonds. The number of hydrogen-bond acceptors (Lipinski definition) is 8. The second-order valence-electron chi connectivity index (χ2n) is 9.00. The third-order valence-electron chi connectivity index (χ3n) is 6.05. The van der Waals surface area contributed by atoms with Gasteiger partial charge in [-0.25, -0.2) is 27.8 Å². The highest BCUT2D eigenvalue weighted by atomic mass is 32.2. The summed E-state index contributed by atoms with van der Waals surface area (Å²) in [6.45, 7) is 1.78. The topological polar surface area (TPSA) is 118 Å². The molecule has 3 N–H and O–H groups in total. The van der Waals surface area contributed by atoms with Crippen molar-refractivity contribution in [2.24, 2.45) is 0 Å². The molecule has 1 saturated heterocycles. The van der Waals surface area contributed by atoms with E-state index in [9.17, 15) is 12.8 Å². The number of piperidine rings is 1. The lowest BCUT2D eigenvalue weighted by molar-refractivity contribution is 0.407. The Hall–Kier alpha value is -4.16. The molecule has 39 heavy (non-hydrogen) atoms. The summed E-state index contributed by atoms with van der Waals surface area (Å²) in [6, 6.07) is 15.8. The fourth-order valence-electron chi connectivity index (χ4n) is 4.19. The molecule has 0 aliphatic carbocycles. The molecule has 0 saturated carbocycles. The summed E-state index contributed by atoms with van der Waals surface area (Å²) in [6.07, 6.45) is 5.08. The number of benzene rings is 2. The van der Waals surface area contributed by atoms with Crippen LogP contribution in [-0.2, 0) is 15.8 Å². The molecule has 1 fully saturated rings. The van der Waals surface area contributed by atoms with Crippen molar-refractivity contribution in [3.63, 3.8) is 0 Å². The Labute approximate surface area is 224 Å². The first-order valence-electron chi connectivity index (χ1n) is 12.3. The molecule has 0 unspecified atom stereocenters. The van der Waals surface area contributed by atoms with Crippen LogP contribution in [0.25, 0.3) is 11.3 Å². The van der Waals surface area contributed by atoms with Crippen LogP contribution in [0, 0.1) is 11.6 Å². The molecule has 2 aromatic carbocycles. The summed E-state index contributed by atoms with van der Waals surface area (Å²) in [5.41, 5.74) is 0.899. The Bertz CT molecular complexity index is 1550. The maximum Gasteiger partial charge on any atom is 0.237 e. The number of pyridine rings is 1. The predicted octanol–water partition coefficient (Wildman–Crippen LogP) is 4.71. The average Bonchev–Trinajstić information content (AvgIpc) is 2.94. The molecule has 0 radical (unpaired) electrons. The molecule has 3 heterocycles. The Morgan fingerprint density at radius 1 is 0.974 bits per heavy atom. The highest BCUT2D eigenvalue weighted by Gasteiger charge is 2.21. The maximum absolute atomic E-state index is 15.0. The number of ether oxygens (including phenoxy) is 1. The van der Waals surface area contributed by atoms with Crippen LogP contribution in [0.3, 0.4) is 0 Å². The monoisotopic (exact) mass is 552 g/mol. The van der Waals surface area contributed by atoms with E-state index in [0.717, 1.165) is 38.1 Å². The van der Waals surface area contributed by atoms with E-state index in [-0.39, 0.29) is 11.9 Å². The van der Waals surface area contributed by atoms with E-state index >= 15 is 4.39 Å². The van der Waals surface area contributed by atoms with E-state index in [1.165, 1.54) is 6.20 Å². The molecule has 12 heteroatoms. The van der Waals surface area contributed by atoms with Gasteiger partial charge in [-0.15, -0.1) is 0 Å². The summed E-state index contributed by atoms with van der Waals surface area (Å²) in [5.74, 6) is -3.17. The number of halogens is 2. The van der Waals surface area contributed by atoms with Crippen LogP contribution in [0.5, 0.6) is 11.6 Å². The molecular weight excluding hydrogens is 526 g/mol. The molecule has 5 rings (SSSR count). The molecular formula is C27H26F2N6O3S. The molecule has 1 aliphatic heterocycles. The number of aromatic nitrogens is 3. The van der Waals surface area contributed by atoms with Gasteiger partial charge in [0.1, 0.15) is 0 Å². The highest BCUT2D eigenvalue weighted by molar-refractivity contribution is 7.91. The standard InChI is InChI=1S/C27H26F2N6O3S/c28-24-22(35-39(36,37)17-18-6-2-1-3-7-18)10-11-23(25(24)29)38-26-20(9-5-14-31-26)21-12-15-32-27(34-21)33-19-8-4-13-30-16-19/h1-3,5-7,9-12,14-15,19,30,35H,4,8,13,16-17H2,(H,32,33,34)/t19-/m0/s1. The van der Waals surface area contributed by atoms with Crippen molar-refractivity contribution in [1.82, 2.24) is 20.3 Å². The zero-order chi connectivity index (χ0) is 27.2. The van der Waals surface area contributed by atoms with Crippen molar-refractivity contribution >= 4 is 21.7 Å². The molecule has 0 bridgehead atoms. The summed E-state index contributed by atoms with van der Waals surface area (Å²) in [7, 11) is -3.99. The second-order valence-corrected chi connectivity index (χ2v) is 10.7. The lowest BCUT2D eigenvalue weighted by Gasteiger charge is -2.23. The van der Waals surface area contributed by atoms with Gasteiger partial charge < -0.3 is 15.4 Å². The quantitative estimate of drug-likeness (QED) is 0.273. The smallest absolute Gasteiger partial charge is 0.237 e. The molecule has 2 aromatic heterocycles. The highest BCUT2D eigenvalue weighted by Crippen LogP contribution is 2.34. The first-order valence-corrected chi connectivity index (χ1v) is 14.0. The first kappa shape index (κ1) is 26.4. The van der Waals surface area contributed by atoms with Gasteiger partial charge in [0, 0.05) is 25.0 Å². The van der Waals surface area contributed by atoms with E-state index in [0.29, 0.717) is 22.8 Å². The van der Waals surface area contributed by atoms with Crippen molar-refractivity contribution in [2.45, 2.75) is 24.6 Å². The fraction of sp³-hybridized carbons (Fsp3) is 0.222. The number of nitrogens with one attached hydrogen (secondary N) is 3. The van der Waals surface area contributed by atoms with Crippen molar-refractivity contribution in [3.05, 3.63) is 90.3 Å². The van der Waals surface area contributed by atoms with Gasteiger partial charge in [-0.1, -0.05) is 30.3 Å². The lowest BCUT2D eigenvalue weighted by Crippen LogP contribution is -2.38. The molecule has 202 valence electrons. The normalized spacial score (nSPS) is 15.5. The van der Waals surface area contributed by atoms with Crippen LogP contribution in [-0.4, -0.2) is 42.5 Å². The maximum atomic E-state index is 15.0. The summed E-state index contributed by atoms with van der Waals surface area (Å²) >= 11 is 0. The summed E-state index contributed by atoms with van der Waals surface area (Å²) in [4.78, 5) is 13.0. The zero-order valence-corrected chi connectivity index (χ0v) is 21.6. The van der Waals surface area contributed by atoms with Crippen LogP contribution in [0.2, 0.25) is 0 Å². The predicted molar refractivity (Wildman–Crippen MR) is 144 cm³/mol. The molecule has 4 aromatic rings. The van der Waals surface area contributed by atoms with Crippen molar-refractivity contribution in [1.29, 1.82) is 0 Å². The zero-order valence-electron chi connectivity index (χ0n) is 20.8. The first-order chi connectivity index (χ1) is 18.9. The largest absolute Gasteiger partial charge is 0.435 e. The minimum Gasteiger partial charge on any atom is -0.435 e. The van der Waals surface area contributed by atoms with Gasteiger partial charge >= 0.3 is 0 Å². The van der Waals surface area contributed by atoms with Crippen molar-refractivity contribution in [2.75, 3.05) is 23.1 Å². The van der Waals surface area contributed by atoms with Gasteiger partial charge in [-0.2, -0.15) is 4.39 Å². The Morgan fingerprint density at radius 3 is 2.62 bits per heavy atom. The Balaban J connectivity index is 1.35.